The van der Waals surface area contributed by atoms with Crippen LogP contribution in [-0.4, -0.2) is 28.3 Å². The second-order valence-corrected chi connectivity index (χ2v) is 5.83. The standard InChI is InChI=1S/C11H23NOS/c1-3-7-12-11(10-5-6-10)9-14(13)8-4-2/h10-12H,3-9H2,1-2H3. The minimum atomic E-state index is -0.597. The molecular formula is C11H23NOS. The Morgan fingerprint density at radius 3 is 2.57 bits per heavy atom. The van der Waals surface area contributed by atoms with Crippen molar-refractivity contribution in [3.8, 4) is 0 Å². The van der Waals surface area contributed by atoms with Crippen LogP contribution in [0.15, 0.2) is 0 Å². The fraction of sp³-hybridized carbons (Fsp3) is 1.00. The molecule has 1 rings (SSSR count). The largest absolute Gasteiger partial charge is 0.313 e. The van der Waals surface area contributed by atoms with Crippen molar-refractivity contribution in [3.63, 3.8) is 0 Å². The van der Waals surface area contributed by atoms with Gasteiger partial charge in [0.1, 0.15) is 0 Å². The number of nitrogens with one attached hydrogen (secondary N) is 1. The van der Waals surface area contributed by atoms with E-state index in [1.54, 1.807) is 0 Å². The summed E-state index contributed by atoms with van der Waals surface area (Å²) in [5.41, 5.74) is 0. The Labute approximate surface area is 90.3 Å². The fourth-order valence-corrected chi connectivity index (χ4v) is 3.11. The Morgan fingerprint density at radius 2 is 2.07 bits per heavy atom. The van der Waals surface area contributed by atoms with E-state index < -0.39 is 10.8 Å². The molecule has 1 aliphatic rings. The van der Waals surface area contributed by atoms with E-state index in [2.05, 4.69) is 19.2 Å². The maximum atomic E-state index is 11.6. The van der Waals surface area contributed by atoms with E-state index in [-0.39, 0.29) is 0 Å². The Balaban J connectivity index is 2.23. The van der Waals surface area contributed by atoms with Crippen LogP contribution in [0, 0.1) is 5.92 Å². The SMILES string of the molecule is CCCNC(CS(=O)CCC)C1CC1. The van der Waals surface area contributed by atoms with Crippen LogP contribution in [0.4, 0.5) is 0 Å². The van der Waals surface area contributed by atoms with Gasteiger partial charge in [-0.25, -0.2) is 0 Å². The van der Waals surface area contributed by atoms with Crippen LogP contribution in [0.1, 0.15) is 39.5 Å². The average Bonchev–Trinajstić information content (AvgIpc) is 2.95. The minimum absolute atomic E-state index is 0.530. The molecule has 0 bridgehead atoms. The summed E-state index contributed by atoms with van der Waals surface area (Å²) in [6.45, 7) is 5.36. The Kier molecular flexibility index (Phi) is 5.71. The molecule has 0 spiro atoms. The van der Waals surface area contributed by atoms with Crippen molar-refractivity contribution in [2.75, 3.05) is 18.1 Å². The molecule has 1 fully saturated rings. The van der Waals surface area contributed by atoms with Gasteiger partial charge in [-0.15, -0.1) is 0 Å². The predicted molar refractivity (Wildman–Crippen MR) is 63.0 cm³/mol. The van der Waals surface area contributed by atoms with E-state index in [4.69, 9.17) is 0 Å². The van der Waals surface area contributed by atoms with Gasteiger partial charge in [0, 0.05) is 28.3 Å². The monoisotopic (exact) mass is 217 g/mol. The smallest absolute Gasteiger partial charge is 0.0391 e. The van der Waals surface area contributed by atoms with E-state index in [0.29, 0.717) is 6.04 Å². The summed E-state index contributed by atoms with van der Waals surface area (Å²) in [4.78, 5) is 0. The quantitative estimate of drug-likeness (QED) is 0.673. The second-order valence-electron chi connectivity index (χ2n) is 4.21. The van der Waals surface area contributed by atoms with Gasteiger partial charge in [0.15, 0.2) is 0 Å². The highest BCUT2D eigenvalue weighted by Gasteiger charge is 2.31. The number of hydrogen-bond donors (Lipinski definition) is 1. The minimum Gasteiger partial charge on any atom is -0.313 e. The first-order valence-corrected chi connectivity index (χ1v) is 7.35. The molecule has 0 aromatic heterocycles. The molecule has 2 nitrogen and oxygen atoms in total. The molecule has 1 aliphatic carbocycles. The lowest BCUT2D eigenvalue weighted by molar-refractivity contribution is 0.498. The van der Waals surface area contributed by atoms with E-state index in [0.717, 1.165) is 30.4 Å². The summed E-state index contributed by atoms with van der Waals surface area (Å²) in [5, 5.41) is 3.53. The van der Waals surface area contributed by atoms with Gasteiger partial charge in [-0.3, -0.25) is 4.21 Å². The van der Waals surface area contributed by atoms with Crippen molar-refractivity contribution < 1.29 is 4.21 Å². The highest BCUT2D eigenvalue weighted by molar-refractivity contribution is 7.85. The van der Waals surface area contributed by atoms with Crippen molar-refractivity contribution >= 4 is 10.8 Å². The van der Waals surface area contributed by atoms with Crippen LogP contribution in [0.5, 0.6) is 0 Å². The summed E-state index contributed by atoms with van der Waals surface area (Å²) in [6, 6.07) is 0.530. The van der Waals surface area contributed by atoms with E-state index in [9.17, 15) is 4.21 Å². The molecule has 0 heterocycles. The van der Waals surface area contributed by atoms with Crippen LogP contribution in [0.25, 0.3) is 0 Å². The third-order valence-electron chi connectivity index (χ3n) is 2.64. The maximum Gasteiger partial charge on any atom is 0.0391 e. The molecule has 2 atom stereocenters. The first-order valence-electron chi connectivity index (χ1n) is 5.86. The van der Waals surface area contributed by atoms with Gasteiger partial charge in [-0.05, 0) is 38.1 Å². The van der Waals surface area contributed by atoms with E-state index in [1.165, 1.54) is 19.3 Å². The fourth-order valence-electron chi connectivity index (χ4n) is 1.70. The van der Waals surface area contributed by atoms with Crippen LogP contribution >= 0.6 is 0 Å². The summed E-state index contributed by atoms with van der Waals surface area (Å²) >= 11 is 0. The molecule has 1 saturated carbocycles. The second kappa shape index (κ2) is 6.57. The number of hydrogen-bond acceptors (Lipinski definition) is 2. The molecular weight excluding hydrogens is 194 g/mol. The average molecular weight is 217 g/mol. The first kappa shape index (κ1) is 12.2. The highest BCUT2D eigenvalue weighted by atomic mass is 32.2. The first-order chi connectivity index (χ1) is 6.77. The van der Waals surface area contributed by atoms with E-state index in [1.807, 2.05) is 0 Å². The van der Waals surface area contributed by atoms with E-state index >= 15 is 0 Å². The molecule has 2 unspecified atom stereocenters. The van der Waals surface area contributed by atoms with Gasteiger partial charge < -0.3 is 5.32 Å². The molecule has 1 N–H and O–H groups in total. The van der Waals surface area contributed by atoms with Gasteiger partial charge in [0.25, 0.3) is 0 Å². The zero-order valence-corrected chi connectivity index (χ0v) is 10.2. The Morgan fingerprint density at radius 1 is 1.36 bits per heavy atom. The summed E-state index contributed by atoms with van der Waals surface area (Å²) in [7, 11) is -0.597. The molecule has 84 valence electrons. The van der Waals surface area contributed by atoms with Gasteiger partial charge in [-0.2, -0.15) is 0 Å². The van der Waals surface area contributed by atoms with Crippen molar-refractivity contribution in [3.05, 3.63) is 0 Å². The Bertz CT molecular complexity index is 180. The van der Waals surface area contributed by atoms with Gasteiger partial charge >= 0.3 is 0 Å². The van der Waals surface area contributed by atoms with Crippen molar-refractivity contribution in [2.24, 2.45) is 5.92 Å². The highest BCUT2D eigenvalue weighted by Crippen LogP contribution is 2.33. The third-order valence-corrected chi connectivity index (χ3v) is 4.24. The third kappa shape index (κ3) is 4.56. The zero-order valence-electron chi connectivity index (χ0n) is 9.42. The molecule has 0 aromatic rings. The van der Waals surface area contributed by atoms with Crippen molar-refractivity contribution in [1.29, 1.82) is 0 Å². The predicted octanol–water partition coefficient (Wildman–Crippen LogP) is 1.92. The molecule has 14 heavy (non-hydrogen) atoms. The van der Waals surface area contributed by atoms with Crippen molar-refractivity contribution in [1.82, 2.24) is 5.32 Å². The molecule has 0 saturated heterocycles. The van der Waals surface area contributed by atoms with Gasteiger partial charge in [0.05, 0.1) is 0 Å². The lowest BCUT2D eigenvalue weighted by atomic mass is 10.2. The zero-order chi connectivity index (χ0) is 10.4. The summed E-state index contributed by atoms with van der Waals surface area (Å²) < 4.78 is 11.6. The van der Waals surface area contributed by atoms with Crippen molar-refractivity contribution in [2.45, 2.75) is 45.6 Å². The van der Waals surface area contributed by atoms with Gasteiger partial charge in [0.2, 0.25) is 0 Å². The number of rotatable bonds is 8. The maximum absolute atomic E-state index is 11.6. The van der Waals surface area contributed by atoms with Crippen LogP contribution in [0.2, 0.25) is 0 Å². The lowest BCUT2D eigenvalue weighted by Crippen LogP contribution is -2.36. The van der Waals surface area contributed by atoms with Crippen LogP contribution < -0.4 is 5.32 Å². The Hall–Kier alpha value is 0.110. The lowest BCUT2D eigenvalue weighted by Gasteiger charge is -2.17. The molecule has 0 aliphatic heterocycles. The van der Waals surface area contributed by atoms with Gasteiger partial charge in [-0.1, -0.05) is 13.8 Å². The molecule has 3 heteroatoms. The molecule has 0 aromatic carbocycles. The molecule has 0 amide bonds. The summed E-state index contributed by atoms with van der Waals surface area (Å²) in [6.07, 6.45) is 4.89. The van der Waals surface area contributed by atoms with Crippen LogP contribution in [0.3, 0.4) is 0 Å². The normalized spacial score (nSPS) is 20.7. The van der Waals surface area contributed by atoms with Crippen LogP contribution in [-0.2, 0) is 10.8 Å². The topological polar surface area (TPSA) is 29.1 Å². The molecule has 0 radical (unpaired) electrons. The summed E-state index contributed by atoms with van der Waals surface area (Å²) in [5.74, 6) is 2.57.